The molecule has 0 amide bonds. The van der Waals surface area contributed by atoms with Crippen LogP contribution in [0.25, 0.3) is 0 Å². The molecule has 0 spiro atoms. The highest BCUT2D eigenvalue weighted by atomic mass is 19.4. The number of anilines is 2. The zero-order valence-electron chi connectivity index (χ0n) is 9.81. The lowest BCUT2D eigenvalue weighted by molar-refractivity contribution is -0.131. The molecule has 0 fully saturated rings. The predicted octanol–water partition coefficient (Wildman–Crippen LogP) is 2.80. The fraction of sp³-hybridized carbons (Fsp3) is 0.600. The Morgan fingerprint density at radius 3 is 2.56 bits per heavy atom. The third-order valence-corrected chi connectivity index (χ3v) is 1.98. The van der Waals surface area contributed by atoms with Gasteiger partial charge in [-0.3, -0.25) is 0 Å². The molecule has 2 N–H and O–H groups in total. The van der Waals surface area contributed by atoms with Crippen LogP contribution in [0.3, 0.4) is 0 Å². The van der Waals surface area contributed by atoms with Gasteiger partial charge in [0.2, 0.25) is 5.95 Å². The average Bonchev–Trinajstić information content (AvgIpc) is 2.28. The van der Waals surface area contributed by atoms with Gasteiger partial charge in [-0.15, -0.1) is 0 Å². The van der Waals surface area contributed by atoms with Gasteiger partial charge in [-0.25, -0.2) is 9.37 Å². The first-order valence-electron chi connectivity index (χ1n) is 5.49. The van der Waals surface area contributed by atoms with E-state index in [4.69, 9.17) is 0 Å². The summed E-state index contributed by atoms with van der Waals surface area (Å²) in [6.45, 7) is 2.11. The van der Waals surface area contributed by atoms with Crippen molar-refractivity contribution >= 4 is 11.8 Å². The summed E-state index contributed by atoms with van der Waals surface area (Å²) >= 11 is 0. The summed E-state index contributed by atoms with van der Waals surface area (Å²) in [5.74, 6) is -0.820. The second-order valence-electron chi connectivity index (χ2n) is 3.61. The Kier molecular flexibility index (Phi) is 5.11. The zero-order valence-corrected chi connectivity index (χ0v) is 9.81. The predicted molar refractivity (Wildman–Crippen MR) is 59.9 cm³/mol. The van der Waals surface area contributed by atoms with Gasteiger partial charge in [0, 0.05) is 13.1 Å². The number of aromatic nitrogens is 2. The van der Waals surface area contributed by atoms with Crippen molar-refractivity contribution in [3.05, 3.63) is 12.0 Å². The Hall–Kier alpha value is -1.60. The van der Waals surface area contributed by atoms with Crippen molar-refractivity contribution in [2.75, 3.05) is 23.7 Å². The minimum absolute atomic E-state index is 0.188. The molecule has 0 atom stereocenters. The lowest BCUT2D eigenvalue weighted by Gasteiger charge is -2.10. The molecule has 0 aliphatic rings. The number of rotatable bonds is 6. The highest BCUT2D eigenvalue weighted by Gasteiger charge is 2.26. The van der Waals surface area contributed by atoms with Gasteiger partial charge < -0.3 is 10.6 Å². The van der Waals surface area contributed by atoms with Crippen LogP contribution in [0.15, 0.2) is 6.20 Å². The number of hydrogen-bond acceptors (Lipinski definition) is 4. The summed E-state index contributed by atoms with van der Waals surface area (Å²) in [5.41, 5.74) is 0. The second-order valence-corrected chi connectivity index (χ2v) is 3.61. The molecule has 1 aromatic rings. The molecule has 1 aromatic heterocycles. The van der Waals surface area contributed by atoms with Gasteiger partial charge in [0.1, 0.15) is 0 Å². The lowest BCUT2D eigenvalue weighted by Crippen LogP contribution is -2.16. The van der Waals surface area contributed by atoms with E-state index in [-0.39, 0.29) is 11.8 Å². The smallest absolute Gasteiger partial charge is 0.367 e. The summed E-state index contributed by atoms with van der Waals surface area (Å²) < 4.78 is 49.0. The summed E-state index contributed by atoms with van der Waals surface area (Å²) in [5, 5.41) is 5.12. The Morgan fingerprint density at radius 1 is 1.22 bits per heavy atom. The quantitative estimate of drug-likeness (QED) is 0.777. The molecule has 0 saturated carbocycles. The third kappa shape index (κ3) is 5.15. The van der Waals surface area contributed by atoms with Crippen LogP contribution >= 0.6 is 0 Å². The van der Waals surface area contributed by atoms with Crippen molar-refractivity contribution in [2.45, 2.75) is 25.9 Å². The average molecular weight is 266 g/mol. The third-order valence-electron chi connectivity index (χ3n) is 1.98. The number of nitrogens with one attached hydrogen (secondary N) is 2. The van der Waals surface area contributed by atoms with Crippen molar-refractivity contribution in [3.8, 4) is 0 Å². The Balaban J connectivity index is 2.58. The van der Waals surface area contributed by atoms with Crippen molar-refractivity contribution in [1.29, 1.82) is 0 Å². The molecule has 8 heteroatoms. The fourth-order valence-electron chi connectivity index (χ4n) is 1.14. The van der Waals surface area contributed by atoms with Gasteiger partial charge in [-0.2, -0.15) is 18.2 Å². The van der Waals surface area contributed by atoms with Gasteiger partial charge >= 0.3 is 6.18 Å². The molecule has 1 heterocycles. The lowest BCUT2D eigenvalue weighted by atomic mass is 10.4. The van der Waals surface area contributed by atoms with E-state index in [9.17, 15) is 17.6 Å². The monoisotopic (exact) mass is 266 g/mol. The van der Waals surface area contributed by atoms with Crippen LogP contribution in [0, 0.1) is 5.82 Å². The highest BCUT2D eigenvalue weighted by Crippen LogP contribution is 2.20. The molecule has 0 bridgehead atoms. The van der Waals surface area contributed by atoms with Gasteiger partial charge in [0.05, 0.1) is 12.6 Å². The summed E-state index contributed by atoms with van der Waals surface area (Å²) in [7, 11) is 0. The minimum Gasteiger partial charge on any atom is -0.367 e. The van der Waals surface area contributed by atoms with Crippen LogP contribution in [-0.4, -0.2) is 29.2 Å². The minimum atomic E-state index is -4.28. The summed E-state index contributed by atoms with van der Waals surface area (Å²) in [6, 6.07) is 0. The normalized spacial score (nSPS) is 11.4. The molecule has 0 aliphatic carbocycles. The number of hydrogen-bond donors (Lipinski definition) is 2. The zero-order chi connectivity index (χ0) is 13.6. The Bertz CT molecular complexity index is 381. The molecule has 4 nitrogen and oxygen atoms in total. The molecule has 1 rings (SSSR count). The first-order valence-corrected chi connectivity index (χ1v) is 5.49. The van der Waals surface area contributed by atoms with Crippen molar-refractivity contribution in [1.82, 2.24) is 9.97 Å². The van der Waals surface area contributed by atoms with E-state index in [0.29, 0.717) is 6.54 Å². The summed E-state index contributed by atoms with van der Waals surface area (Å²) in [4.78, 5) is 7.43. The van der Waals surface area contributed by atoms with Gasteiger partial charge in [-0.05, 0) is 6.42 Å². The van der Waals surface area contributed by atoms with E-state index in [0.717, 1.165) is 12.6 Å². The van der Waals surface area contributed by atoms with Gasteiger partial charge in [0.15, 0.2) is 11.6 Å². The van der Waals surface area contributed by atoms with Crippen LogP contribution in [0.1, 0.15) is 19.8 Å². The largest absolute Gasteiger partial charge is 0.390 e. The number of alkyl halides is 3. The first-order chi connectivity index (χ1) is 8.42. The van der Waals surface area contributed by atoms with E-state index in [1.165, 1.54) is 0 Å². The van der Waals surface area contributed by atoms with Gasteiger partial charge in [-0.1, -0.05) is 6.92 Å². The maximum atomic E-state index is 13.2. The molecule has 102 valence electrons. The highest BCUT2D eigenvalue weighted by molar-refractivity contribution is 5.40. The topological polar surface area (TPSA) is 49.8 Å². The first kappa shape index (κ1) is 14.5. The van der Waals surface area contributed by atoms with Crippen LogP contribution in [-0.2, 0) is 0 Å². The summed E-state index contributed by atoms with van der Waals surface area (Å²) in [6.07, 6.45) is -3.58. The van der Waals surface area contributed by atoms with Gasteiger partial charge in [0.25, 0.3) is 0 Å². The van der Waals surface area contributed by atoms with E-state index >= 15 is 0 Å². The molecule has 0 unspecified atom stereocenters. The van der Waals surface area contributed by atoms with E-state index < -0.39 is 25.0 Å². The van der Waals surface area contributed by atoms with Crippen LogP contribution in [0.2, 0.25) is 0 Å². The molecule has 0 aliphatic heterocycles. The molecular formula is C10H14F4N4. The van der Waals surface area contributed by atoms with Crippen LogP contribution in [0.4, 0.5) is 29.3 Å². The Labute approximate surface area is 102 Å². The maximum absolute atomic E-state index is 13.2. The van der Waals surface area contributed by atoms with E-state index in [2.05, 4.69) is 20.6 Å². The molecule has 0 aromatic carbocycles. The van der Waals surface area contributed by atoms with Crippen LogP contribution in [0.5, 0.6) is 0 Å². The standard InChI is InChI=1S/C10H14F4N4/c1-2-4-16-9-17-6-7(11)8(18-9)15-5-3-10(12,13)14/h6H,2-5H2,1H3,(H2,15,16,17,18). The number of halogens is 4. The number of nitrogens with zero attached hydrogens (tertiary/aromatic N) is 2. The maximum Gasteiger partial charge on any atom is 0.390 e. The van der Waals surface area contributed by atoms with Crippen LogP contribution < -0.4 is 10.6 Å². The fourth-order valence-corrected chi connectivity index (χ4v) is 1.14. The van der Waals surface area contributed by atoms with Crippen molar-refractivity contribution in [2.24, 2.45) is 0 Å². The SMILES string of the molecule is CCCNc1ncc(F)c(NCCC(F)(F)F)n1. The molecule has 0 radical (unpaired) electrons. The Morgan fingerprint density at radius 2 is 1.94 bits per heavy atom. The second kappa shape index (κ2) is 6.36. The van der Waals surface area contributed by atoms with E-state index in [1.807, 2.05) is 6.92 Å². The van der Waals surface area contributed by atoms with Crippen molar-refractivity contribution < 1.29 is 17.6 Å². The van der Waals surface area contributed by atoms with Crippen molar-refractivity contribution in [3.63, 3.8) is 0 Å². The van der Waals surface area contributed by atoms with E-state index in [1.54, 1.807) is 0 Å². The molecular weight excluding hydrogens is 252 g/mol. The molecule has 18 heavy (non-hydrogen) atoms. The molecule has 0 saturated heterocycles.